The van der Waals surface area contributed by atoms with Crippen molar-refractivity contribution < 1.29 is 9.90 Å². The molecule has 0 bridgehead atoms. The molecule has 1 aliphatic carbocycles. The van der Waals surface area contributed by atoms with Crippen LogP contribution in [0.3, 0.4) is 0 Å². The quantitative estimate of drug-likeness (QED) is 0.831. The highest BCUT2D eigenvalue weighted by molar-refractivity contribution is 5.99. The zero-order valence-corrected chi connectivity index (χ0v) is 11.1. The highest BCUT2D eigenvalue weighted by Crippen LogP contribution is 2.31. The summed E-state index contributed by atoms with van der Waals surface area (Å²) in [6.07, 6.45) is 3.91. The number of Topliss-reactive ketones (excluding diaryl/α,β-unsaturated/α-hetero) is 1. The molecule has 2 rings (SSSR count). The van der Waals surface area contributed by atoms with E-state index >= 15 is 0 Å². The number of carbonyl (C=O) groups is 1. The van der Waals surface area contributed by atoms with Crippen molar-refractivity contribution in [3.8, 4) is 0 Å². The van der Waals surface area contributed by atoms with E-state index in [0.29, 0.717) is 6.54 Å². The summed E-state index contributed by atoms with van der Waals surface area (Å²) in [6.45, 7) is 2.17. The smallest absolute Gasteiger partial charge is 0.161 e. The van der Waals surface area contributed by atoms with E-state index < -0.39 is 5.60 Å². The Morgan fingerprint density at radius 1 is 1.33 bits per heavy atom. The molecule has 18 heavy (non-hydrogen) atoms. The fourth-order valence-electron chi connectivity index (χ4n) is 2.82. The Balaban J connectivity index is 2.18. The Kier molecular flexibility index (Phi) is 3.71. The van der Waals surface area contributed by atoms with Crippen molar-refractivity contribution in [1.82, 2.24) is 0 Å². The number of likely N-dealkylation sites (N-methyl/N-ethyl adjacent to an activating group) is 1. The van der Waals surface area contributed by atoms with Crippen LogP contribution in [0, 0.1) is 0 Å². The van der Waals surface area contributed by atoms with Crippen LogP contribution in [0.2, 0.25) is 0 Å². The lowest BCUT2D eigenvalue weighted by Crippen LogP contribution is -2.39. The van der Waals surface area contributed by atoms with Crippen molar-refractivity contribution in [3.05, 3.63) is 29.8 Å². The van der Waals surface area contributed by atoms with Crippen LogP contribution in [0.4, 0.5) is 5.69 Å². The van der Waals surface area contributed by atoms with Gasteiger partial charge in [0.15, 0.2) is 5.78 Å². The minimum Gasteiger partial charge on any atom is -0.388 e. The molecule has 1 N–H and O–H groups in total. The van der Waals surface area contributed by atoms with Crippen LogP contribution < -0.4 is 4.90 Å². The second-order valence-corrected chi connectivity index (χ2v) is 5.36. The number of anilines is 1. The van der Waals surface area contributed by atoms with E-state index in [-0.39, 0.29) is 5.78 Å². The summed E-state index contributed by atoms with van der Waals surface area (Å²) in [4.78, 5) is 13.6. The van der Waals surface area contributed by atoms with Crippen LogP contribution in [0.25, 0.3) is 0 Å². The van der Waals surface area contributed by atoms with Gasteiger partial charge in [0.25, 0.3) is 0 Å². The summed E-state index contributed by atoms with van der Waals surface area (Å²) in [7, 11) is 1.94. The van der Waals surface area contributed by atoms with E-state index in [1.165, 1.54) is 0 Å². The molecular formula is C15H21NO2. The van der Waals surface area contributed by atoms with Gasteiger partial charge in [-0.25, -0.2) is 0 Å². The largest absolute Gasteiger partial charge is 0.388 e. The van der Waals surface area contributed by atoms with E-state index in [4.69, 9.17) is 0 Å². The van der Waals surface area contributed by atoms with Crippen molar-refractivity contribution >= 4 is 11.5 Å². The number of aliphatic hydroxyl groups is 1. The van der Waals surface area contributed by atoms with Crippen LogP contribution in [0.1, 0.15) is 43.0 Å². The Bertz CT molecular complexity index is 436. The molecule has 0 spiro atoms. The number of benzene rings is 1. The van der Waals surface area contributed by atoms with E-state index in [1.807, 2.05) is 36.2 Å². The molecule has 0 aromatic heterocycles. The monoisotopic (exact) mass is 247 g/mol. The van der Waals surface area contributed by atoms with Gasteiger partial charge in [-0.05, 0) is 31.9 Å². The molecular weight excluding hydrogens is 226 g/mol. The van der Waals surface area contributed by atoms with Gasteiger partial charge in [0.05, 0.1) is 5.60 Å². The maximum Gasteiger partial charge on any atom is 0.161 e. The summed E-state index contributed by atoms with van der Waals surface area (Å²) >= 11 is 0. The predicted molar refractivity (Wildman–Crippen MR) is 73.1 cm³/mol. The molecule has 0 radical (unpaired) electrons. The number of carbonyl (C=O) groups excluding carboxylic acids is 1. The first-order valence-corrected chi connectivity index (χ1v) is 6.55. The Labute approximate surface area is 108 Å². The maximum absolute atomic E-state index is 11.6. The van der Waals surface area contributed by atoms with E-state index in [0.717, 1.165) is 36.9 Å². The van der Waals surface area contributed by atoms with Crippen molar-refractivity contribution in [1.29, 1.82) is 0 Å². The number of hydrogen-bond acceptors (Lipinski definition) is 3. The molecule has 0 unspecified atom stereocenters. The van der Waals surface area contributed by atoms with Gasteiger partial charge in [-0.1, -0.05) is 25.0 Å². The number of ketones is 1. The predicted octanol–water partition coefficient (Wildman–Crippen LogP) is 2.63. The van der Waals surface area contributed by atoms with Crippen LogP contribution in [0.15, 0.2) is 24.3 Å². The van der Waals surface area contributed by atoms with Gasteiger partial charge in [0.2, 0.25) is 0 Å². The molecule has 0 heterocycles. The molecule has 0 saturated heterocycles. The standard InChI is InChI=1S/C15H21NO2/c1-12(17)13-7-3-4-8-14(13)16(2)11-15(18)9-5-6-10-15/h3-4,7-8,18H,5-6,9-11H2,1-2H3. The van der Waals surface area contributed by atoms with Gasteiger partial charge >= 0.3 is 0 Å². The zero-order valence-electron chi connectivity index (χ0n) is 11.1. The van der Waals surface area contributed by atoms with Gasteiger partial charge in [-0.3, -0.25) is 4.79 Å². The van der Waals surface area contributed by atoms with Gasteiger partial charge in [-0.2, -0.15) is 0 Å². The molecule has 1 aromatic rings. The molecule has 3 heteroatoms. The van der Waals surface area contributed by atoms with E-state index in [9.17, 15) is 9.90 Å². The first kappa shape index (κ1) is 13.1. The molecule has 1 saturated carbocycles. The fourth-order valence-corrected chi connectivity index (χ4v) is 2.82. The molecule has 1 fully saturated rings. The molecule has 0 aliphatic heterocycles. The third-order valence-corrected chi connectivity index (χ3v) is 3.76. The van der Waals surface area contributed by atoms with Crippen LogP contribution >= 0.6 is 0 Å². The summed E-state index contributed by atoms with van der Waals surface area (Å²) in [5.41, 5.74) is 1.05. The highest BCUT2D eigenvalue weighted by atomic mass is 16.3. The minimum atomic E-state index is -0.585. The Morgan fingerprint density at radius 2 is 1.94 bits per heavy atom. The lowest BCUT2D eigenvalue weighted by atomic mass is 10.0. The number of rotatable bonds is 4. The first-order valence-electron chi connectivity index (χ1n) is 6.55. The van der Waals surface area contributed by atoms with Crippen LogP contribution in [-0.4, -0.2) is 30.1 Å². The zero-order chi connectivity index (χ0) is 13.2. The summed E-state index contributed by atoms with van der Waals surface area (Å²) < 4.78 is 0. The van der Waals surface area contributed by atoms with Crippen molar-refractivity contribution in [3.63, 3.8) is 0 Å². The molecule has 0 atom stereocenters. The lowest BCUT2D eigenvalue weighted by Gasteiger charge is -2.31. The summed E-state index contributed by atoms with van der Waals surface area (Å²) in [5, 5.41) is 10.4. The number of nitrogens with zero attached hydrogens (tertiary/aromatic N) is 1. The SMILES string of the molecule is CC(=O)c1ccccc1N(C)CC1(O)CCCC1. The molecule has 98 valence electrons. The van der Waals surface area contributed by atoms with E-state index in [1.54, 1.807) is 6.92 Å². The van der Waals surface area contributed by atoms with Gasteiger partial charge in [-0.15, -0.1) is 0 Å². The van der Waals surface area contributed by atoms with Gasteiger partial charge < -0.3 is 10.0 Å². The van der Waals surface area contributed by atoms with Crippen LogP contribution in [-0.2, 0) is 0 Å². The Morgan fingerprint density at radius 3 is 2.56 bits per heavy atom. The molecule has 1 aliphatic rings. The normalized spacial score (nSPS) is 17.7. The first-order chi connectivity index (χ1) is 8.52. The average molecular weight is 247 g/mol. The number of para-hydroxylation sites is 1. The summed E-state index contributed by atoms with van der Waals surface area (Å²) in [6, 6.07) is 7.58. The van der Waals surface area contributed by atoms with Crippen molar-refractivity contribution in [2.45, 2.75) is 38.2 Å². The fraction of sp³-hybridized carbons (Fsp3) is 0.533. The number of hydrogen-bond donors (Lipinski definition) is 1. The van der Waals surface area contributed by atoms with E-state index in [2.05, 4.69) is 0 Å². The van der Waals surface area contributed by atoms with Gasteiger partial charge in [0.1, 0.15) is 0 Å². The second kappa shape index (κ2) is 5.11. The highest BCUT2D eigenvalue weighted by Gasteiger charge is 2.32. The molecule has 0 amide bonds. The van der Waals surface area contributed by atoms with Crippen LogP contribution in [0.5, 0.6) is 0 Å². The Hall–Kier alpha value is -1.35. The molecule has 3 nitrogen and oxygen atoms in total. The third kappa shape index (κ3) is 2.72. The van der Waals surface area contributed by atoms with Crippen molar-refractivity contribution in [2.24, 2.45) is 0 Å². The summed E-state index contributed by atoms with van der Waals surface area (Å²) in [5.74, 6) is 0.0656. The van der Waals surface area contributed by atoms with Gasteiger partial charge in [0, 0.05) is 24.8 Å². The third-order valence-electron chi connectivity index (χ3n) is 3.76. The van der Waals surface area contributed by atoms with Crippen molar-refractivity contribution in [2.75, 3.05) is 18.5 Å². The average Bonchev–Trinajstić information content (AvgIpc) is 2.75. The maximum atomic E-state index is 11.6. The second-order valence-electron chi connectivity index (χ2n) is 5.36. The minimum absolute atomic E-state index is 0.0656. The lowest BCUT2D eigenvalue weighted by molar-refractivity contribution is 0.0558. The molecule has 1 aromatic carbocycles. The topological polar surface area (TPSA) is 40.5 Å².